The normalized spacial score (nSPS) is 11.3. The van der Waals surface area contributed by atoms with Gasteiger partial charge in [0.15, 0.2) is 0 Å². The van der Waals surface area contributed by atoms with E-state index in [1.807, 2.05) is 13.0 Å². The molecular formula is C13H21N3O3S. The van der Waals surface area contributed by atoms with Crippen LogP contribution >= 0.6 is 0 Å². The fourth-order valence-corrected chi connectivity index (χ4v) is 2.77. The van der Waals surface area contributed by atoms with E-state index in [1.165, 1.54) is 4.90 Å². The zero-order valence-corrected chi connectivity index (χ0v) is 12.6. The maximum Gasteiger partial charge on any atom is 0.237 e. The average Bonchev–Trinajstić information content (AvgIpc) is 2.44. The van der Waals surface area contributed by atoms with Crippen molar-refractivity contribution < 1.29 is 13.2 Å². The van der Waals surface area contributed by atoms with E-state index in [0.717, 1.165) is 5.56 Å². The molecule has 112 valence electrons. The molecule has 0 fully saturated rings. The van der Waals surface area contributed by atoms with Crippen LogP contribution in [0.2, 0.25) is 0 Å². The Morgan fingerprint density at radius 2 is 1.90 bits per heavy atom. The predicted octanol–water partition coefficient (Wildman–Crippen LogP) is 0.0430. The zero-order chi connectivity index (χ0) is 15.2. The smallest absolute Gasteiger partial charge is 0.237 e. The third-order valence-electron chi connectivity index (χ3n) is 3.03. The Morgan fingerprint density at radius 3 is 2.45 bits per heavy atom. The van der Waals surface area contributed by atoms with E-state index in [9.17, 15) is 13.2 Å². The van der Waals surface area contributed by atoms with Crippen molar-refractivity contribution in [2.24, 2.45) is 5.73 Å². The summed E-state index contributed by atoms with van der Waals surface area (Å²) < 4.78 is 26.2. The number of sulfonamides is 1. The van der Waals surface area contributed by atoms with Gasteiger partial charge < -0.3 is 10.6 Å². The van der Waals surface area contributed by atoms with Crippen LogP contribution in [0.15, 0.2) is 24.3 Å². The molecule has 1 aromatic rings. The SMILES string of the molecule is CCN(C)C(=O)CNS(=O)(=O)Cc1ccccc1CN. The third-order valence-corrected chi connectivity index (χ3v) is 4.30. The van der Waals surface area contributed by atoms with Crippen LogP contribution in [0.4, 0.5) is 0 Å². The van der Waals surface area contributed by atoms with Crippen LogP contribution in [0.3, 0.4) is 0 Å². The molecule has 0 unspecified atom stereocenters. The van der Waals surface area contributed by atoms with Crippen LogP contribution in [0.5, 0.6) is 0 Å². The van der Waals surface area contributed by atoms with Gasteiger partial charge in [-0.2, -0.15) is 0 Å². The molecule has 1 amide bonds. The number of hydrogen-bond donors (Lipinski definition) is 2. The molecule has 0 aliphatic rings. The minimum atomic E-state index is -3.56. The molecule has 7 heteroatoms. The highest BCUT2D eigenvalue weighted by Crippen LogP contribution is 2.11. The van der Waals surface area contributed by atoms with Crippen molar-refractivity contribution in [3.05, 3.63) is 35.4 Å². The van der Waals surface area contributed by atoms with Crippen molar-refractivity contribution in [3.8, 4) is 0 Å². The monoisotopic (exact) mass is 299 g/mol. The average molecular weight is 299 g/mol. The summed E-state index contributed by atoms with van der Waals surface area (Å²) in [5.74, 6) is -0.438. The largest absolute Gasteiger partial charge is 0.345 e. The number of carbonyl (C=O) groups is 1. The van der Waals surface area contributed by atoms with E-state index in [2.05, 4.69) is 4.72 Å². The number of nitrogens with one attached hydrogen (secondary N) is 1. The Hall–Kier alpha value is -1.44. The van der Waals surface area contributed by atoms with Crippen molar-refractivity contribution in [1.82, 2.24) is 9.62 Å². The van der Waals surface area contributed by atoms with E-state index in [1.54, 1.807) is 25.2 Å². The molecule has 0 radical (unpaired) electrons. The predicted molar refractivity (Wildman–Crippen MR) is 78.3 cm³/mol. The summed E-state index contributed by atoms with van der Waals surface area (Å²) in [4.78, 5) is 13.0. The summed E-state index contributed by atoms with van der Waals surface area (Å²) in [6.45, 7) is 2.42. The second-order valence-electron chi connectivity index (χ2n) is 4.46. The lowest BCUT2D eigenvalue weighted by Crippen LogP contribution is -2.38. The lowest BCUT2D eigenvalue weighted by molar-refractivity contribution is -0.128. The molecule has 0 spiro atoms. The maximum absolute atomic E-state index is 12.0. The lowest BCUT2D eigenvalue weighted by atomic mass is 10.1. The summed E-state index contributed by atoms with van der Waals surface area (Å²) in [6, 6.07) is 7.09. The number of rotatable bonds is 7. The van der Waals surface area contributed by atoms with Crippen molar-refractivity contribution >= 4 is 15.9 Å². The van der Waals surface area contributed by atoms with Crippen molar-refractivity contribution in [1.29, 1.82) is 0 Å². The van der Waals surface area contributed by atoms with Gasteiger partial charge in [-0.1, -0.05) is 24.3 Å². The van der Waals surface area contributed by atoms with Gasteiger partial charge in [0.05, 0.1) is 12.3 Å². The number of nitrogens with two attached hydrogens (primary N) is 1. The van der Waals surface area contributed by atoms with Crippen LogP contribution in [-0.2, 0) is 27.1 Å². The first kappa shape index (κ1) is 16.6. The Balaban J connectivity index is 2.68. The van der Waals surface area contributed by atoms with Gasteiger partial charge in [0.2, 0.25) is 15.9 Å². The molecule has 0 aliphatic heterocycles. The quantitative estimate of drug-likeness (QED) is 0.743. The Labute approximate surface area is 120 Å². The molecule has 0 saturated carbocycles. The minimum absolute atomic E-state index is 0.177. The number of carbonyl (C=O) groups excluding carboxylic acids is 1. The molecule has 0 atom stereocenters. The molecular weight excluding hydrogens is 278 g/mol. The Morgan fingerprint density at radius 1 is 1.30 bits per heavy atom. The van der Waals surface area contributed by atoms with E-state index in [0.29, 0.717) is 12.1 Å². The molecule has 0 bridgehead atoms. The maximum atomic E-state index is 12.0. The third kappa shape index (κ3) is 4.92. The molecule has 0 aliphatic carbocycles. The molecule has 3 N–H and O–H groups in total. The summed E-state index contributed by atoms with van der Waals surface area (Å²) >= 11 is 0. The standard InChI is InChI=1S/C13H21N3O3S/c1-3-16(2)13(17)9-15-20(18,19)10-12-7-5-4-6-11(12)8-14/h4-7,15H,3,8-10,14H2,1-2H3. The summed E-state index contributed by atoms with van der Waals surface area (Å²) in [5.41, 5.74) is 7.01. The summed E-state index contributed by atoms with van der Waals surface area (Å²) in [5, 5.41) is 0. The van der Waals surface area contributed by atoms with E-state index < -0.39 is 10.0 Å². The van der Waals surface area contributed by atoms with Crippen molar-refractivity contribution in [2.45, 2.75) is 19.2 Å². The summed E-state index contributed by atoms with van der Waals surface area (Å²) in [7, 11) is -1.93. The van der Waals surface area contributed by atoms with Gasteiger partial charge in [0.25, 0.3) is 0 Å². The highest BCUT2D eigenvalue weighted by Gasteiger charge is 2.16. The van der Waals surface area contributed by atoms with Gasteiger partial charge in [-0.15, -0.1) is 0 Å². The van der Waals surface area contributed by atoms with Gasteiger partial charge in [-0.3, -0.25) is 4.79 Å². The number of amides is 1. The van der Waals surface area contributed by atoms with Crippen LogP contribution in [0.25, 0.3) is 0 Å². The van der Waals surface area contributed by atoms with Crippen molar-refractivity contribution in [2.75, 3.05) is 20.1 Å². The highest BCUT2D eigenvalue weighted by atomic mass is 32.2. The van der Waals surface area contributed by atoms with Crippen LogP contribution in [0, 0.1) is 0 Å². The molecule has 0 heterocycles. The van der Waals surface area contributed by atoms with Crippen LogP contribution in [0.1, 0.15) is 18.1 Å². The minimum Gasteiger partial charge on any atom is -0.345 e. The fourth-order valence-electron chi connectivity index (χ4n) is 1.64. The highest BCUT2D eigenvalue weighted by molar-refractivity contribution is 7.88. The van der Waals surface area contributed by atoms with Gasteiger partial charge in [0, 0.05) is 20.1 Å². The number of benzene rings is 1. The molecule has 6 nitrogen and oxygen atoms in total. The zero-order valence-electron chi connectivity index (χ0n) is 11.8. The van der Waals surface area contributed by atoms with Gasteiger partial charge >= 0.3 is 0 Å². The number of hydrogen-bond acceptors (Lipinski definition) is 4. The molecule has 0 saturated heterocycles. The van der Waals surface area contributed by atoms with E-state index >= 15 is 0 Å². The lowest BCUT2D eigenvalue weighted by Gasteiger charge is -2.15. The van der Waals surface area contributed by atoms with Crippen LogP contribution < -0.4 is 10.5 Å². The second-order valence-corrected chi connectivity index (χ2v) is 6.27. The van der Waals surface area contributed by atoms with Gasteiger partial charge in [-0.25, -0.2) is 13.1 Å². The Kier molecular flexibility index (Phi) is 6.12. The topological polar surface area (TPSA) is 92.5 Å². The summed E-state index contributed by atoms with van der Waals surface area (Å²) in [6.07, 6.45) is 0. The van der Waals surface area contributed by atoms with E-state index in [4.69, 9.17) is 5.73 Å². The first-order valence-electron chi connectivity index (χ1n) is 6.37. The number of likely N-dealkylation sites (N-methyl/N-ethyl adjacent to an activating group) is 1. The Bertz CT molecular complexity index is 558. The van der Waals surface area contributed by atoms with Crippen molar-refractivity contribution in [3.63, 3.8) is 0 Å². The first-order valence-corrected chi connectivity index (χ1v) is 8.03. The molecule has 1 rings (SSSR count). The van der Waals surface area contributed by atoms with Crippen LogP contribution in [-0.4, -0.2) is 39.4 Å². The fraction of sp³-hybridized carbons (Fsp3) is 0.462. The van der Waals surface area contributed by atoms with Gasteiger partial charge in [0.1, 0.15) is 0 Å². The van der Waals surface area contributed by atoms with Gasteiger partial charge in [-0.05, 0) is 18.1 Å². The second kappa shape index (κ2) is 7.37. The first-order chi connectivity index (χ1) is 9.39. The molecule has 1 aromatic carbocycles. The van der Waals surface area contributed by atoms with E-state index in [-0.39, 0.29) is 24.7 Å². The molecule has 0 aromatic heterocycles. The molecule has 20 heavy (non-hydrogen) atoms. The number of nitrogens with zero attached hydrogens (tertiary/aromatic N) is 1.